The van der Waals surface area contributed by atoms with Crippen LogP contribution in [0.3, 0.4) is 0 Å². The molecule has 0 saturated carbocycles. The zero-order valence-electron chi connectivity index (χ0n) is 19.3. The molecule has 1 aromatic heterocycles. The number of aliphatic hydroxyl groups is 1. The molecule has 5 rings (SSSR count). The Labute approximate surface area is 210 Å². The van der Waals surface area contributed by atoms with Gasteiger partial charge in [-0.2, -0.15) is 0 Å². The summed E-state index contributed by atoms with van der Waals surface area (Å²) in [5.74, 6) is 1.73. The smallest absolute Gasteiger partial charge is 0.119 e. The number of likely N-dealkylation sites (tertiary alicyclic amines) is 1. The fourth-order valence-corrected chi connectivity index (χ4v) is 6.01. The molecule has 0 aliphatic carbocycles. The lowest BCUT2D eigenvalue weighted by atomic mass is 9.84. The van der Waals surface area contributed by atoms with Gasteiger partial charge in [-0.25, -0.2) is 0 Å². The molecular formula is C28H29ClN2O2S. The highest BCUT2D eigenvalue weighted by Crippen LogP contribution is 2.41. The van der Waals surface area contributed by atoms with E-state index in [1.807, 2.05) is 54.4 Å². The van der Waals surface area contributed by atoms with Crippen molar-refractivity contribution in [2.75, 3.05) is 26.7 Å². The van der Waals surface area contributed by atoms with Crippen molar-refractivity contribution in [3.05, 3.63) is 94.3 Å². The van der Waals surface area contributed by atoms with E-state index in [9.17, 15) is 5.11 Å². The monoisotopic (exact) mass is 492 g/mol. The molecule has 176 valence electrons. The van der Waals surface area contributed by atoms with Crippen molar-refractivity contribution in [3.8, 4) is 5.75 Å². The molecule has 0 radical (unpaired) electrons. The average Bonchev–Trinajstić information content (AvgIpc) is 3.02. The predicted octanol–water partition coefficient (Wildman–Crippen LogP) is 6.15. The Hall–Kier alpha value is -2.31. The molecule has 0 unspecified atom stereocenters. The van der Waals surface area contributed by atoms with Crippen LogP contribution in [0.2, 0.25) is 5.02 Å². The van der Waals surface area contributed by atoms with Gasteiger partial charge in [0.1, 0.15) is 5.75 Å². The molecular weight excluding hydrogens is 464 g/mol. The normalized spacial score (nSPS) is 18.7. The number of pyridine rings is 1. The molecule has 2 aliphatic rings. The Bertz CT molecular complexity index is 1190. The number of piperidine rings is 1. The third kappa shape index (κ3) is 4.89. The number of aromatic nitrogens is 1. The Morgan fingerprint density at radius 2 is 1.91 bits per heavy atom. The van der Waals surface area contributed by atoms with E-state index in [0.717, 1.165) is 61.7 Å². The number of ether oxygens (including phenoxy) is 1. The minimum atomic E-state index is -0.766. The standard InChI is InChI=1S/C28H29ClN2O2S/c1-33-22-10-11-27-25(18-22)23(24-4-2-14-30-26(24)19-34-27)5-3-15-31-16-12-28(32,13-17-31)20-6-8-21(29)9-7-20/h2,4-11,14,18,32H,3,12-13,15-17,19H2,1H3/b23-5-. The summed E-state index contributed by atoms with van der Waals surface area (Å²) in [5, 5.41) is 11.9. The second kappa shape index (κ2) is 10.1. The van der Waals surface area contributed by atoms with Crippen molar-refractivity contribution in [3.63, 3.8) is 0 Å². The van der Waals surface area contributed by atoms with Gasteiger partial charge in [0.2, 0.25) is 0 Å². The first-order valence-corrected chi connectivity index (χ1v) is 13.1. The highest BCUT2D eigenvalue weighted by Gasteiger charge is 2.33. The van der Waals surface area contributed by atoms with Gasteiger partial charge in [-0.1, -0.05) is 35.9 Å². The lowest BCUT2D eigenvalue weighted by Crippen LogP contribution is -2.42. The van der Waals surface area contributed by atoms with Crippen LogP contribution in [0.5, 0.6) is 5.75 Å². The zero-order valence-corrected chi connectivity index (χ0v) is 20.9. The Kier molecular flexibility index (Phi) is 6.98. The molecule has 2 aliphatic heterocycles. The molecule has 0 spiro atoms. The number of benzene rings is 2. The number of rotatable bonds is 5. The first kappa shape index (κ1) is 23.4. The van der Waals surface area contributed by atoms with Crippen molar-refractivity contribution in [1.82, 2.24) is 9.88 Å². The predicted molar refractivity (Wildman–Crippen MR) is 140 cm³/mol. The van der Waals surface area contributed by atoms with Crippen LogP contribution in [0.15, 0.2) is 71.8 Å². The minimum Gasteiger partial charge on any atom is -0.497 e. The maximum absolute atomic E-state index is 11.2. The first-order chi connectivity index (χ1) is 16.6. The fourth-order valence-electron chi connectivity index (χ4n) is 4.87. The van der Waals surface area contributed by atoms with Crippen LogP contribution in [-0.2, 0) is 11.4 Å². The van der Waals surface area contributed by atoms with Crippen LogP contribution in [0.4, 0.5) is 0 Å². The molecule has 0 amide bonds. The summed E-state index contributed by atoms with van der Waals surface area (Å²) in [6.07, 6.45) is 6.63. The van der Waals surface area contributed by atoms with E-state index in [2.05, 4.69) is 34.2 Å². The molecule has 4 nitrogen and oxygen atoms in total. The molecule has 0 atom stereocenters. The van der Waals surface area contributed by atoms with Gasteiger partial charge in [0.15, 0.2) is 0 Å². The van der Waals surface area contributed by atoms with Gasteiger partial charge in [-0.05, 0) is 72.4 Å². The number of methoxy groups -OCH3 is 1. The molecule has 2 aromatic carbocycles. The minimum absolute atomic E-state index is 0.700. The van der Waals surface area contributed by atoms with Crippen LogP contribution < -0.4 is 4.74 Å². The highest BCUT2D eigenvalue weighted by atomic mass is 35.5. The number of thioether (sulfide) groups is 1. The summed E-state index contributed by atoms with van der Waals surface area (Å²) >= 11 is 7.85. The number of halogens is 1. The molecule has 3 aromatic rings. The average molecular weight is 493 g/mol. The van der Waals surface area contributed by atoms with Gasteiger partial charge in [0.05, 0.1) is 18.4 Å². The zero-order chi connectivity index (χ0) is 23.5. The molecule has 3 heterocycles. The molecule has 1 N–H and O–H groups in total. The Morgan fingerprint density at radius 1 is 1.12 bits per heavy atom. The van der Waals surface area contributed by atoms with Crippen LogP contribution in [0, 0.1) is 0 Å². The third-order valence-corrected chi connectivity index (χ3v) is 8.22. The van der Waals surface area contributed by atoms with Crippen molar-refractivity contribution in [2.45, 2.75) is 35.5 Å². The lowest BCUT2D eigenvalue weighted by Gasteiger charge is -2.38. The van der Waals surface area contributed by atoms with Gasteiger partial charge in [-0.3, -0.25) is 4.98 Å². The van der Waals surface area contributed by atoms with E-state index in [1.54, 1.807) is 7.11 Å². The maximum Gasteiger partial charge on any atom is 0.119 e. The van der Waals surface area contributed by atoms with Crippen molar-refractivity contribution >= 4 is 28.9 Å². The first-order valence-electron chi connectivity index (χ1n) is 11.7. The van der Waals surface area contributed by atoms with Crippen molar-refractivity contribution < 1.29 is 9.84 Å². The van der Waals surface area contributed by atoms with Crippen molar-refractivity contribution in [1.29, 1.82) is 0 Å². The summed E-state index contributed by atoms with van der Waals surface area (Å²) in [5.41, 5.74) is 4.98. The summed E-state index contributed by atoms with van der Waals surface area (Å²) in [7, 11) is 1.71. The van der Waals surface area contributed by atoms with E-state index in [1.165, 1.54) is 21.6 Å². The van der Waals surface area contributed by atoms with Crippen LogP contribution in [0.1, 0.15) is 41.6 Å². The van der Waals surface area contributed by atoms with Crippen LogP contribution in [0.25, 0.3) is 5.57 Å². The van der Waals surface area contributed by atoms with E-state index in [-0.39, 0.29) is 0 Å². The molecule has 34 heavy (non-hydrogen) atoms. The van der Waals surface area contributed by atoms with Crippen LogP contribution >= 0.6 is 23.4 Å². The highest BCUT2D eigenvalue weighted by molar-refractivity contribution is 7.98. The number of hydrogen-bond acceptors (Lipinski definition) is 5. The number of nitrogens with zero attached hydrogens (tertiary/aromatic N) is 2. The van der Waals surface area contributed by atoms with Crippen molar-refractivity contribution in [2.24, 2.45) is 0 Å². The molecule has 0 bridgehead atoms. The van der Waals surface area contributed by atoms with Gasteiger partial charge < -0.3 is 14.7 Å². The third-order valence-electron chi connectivity index (χ3n) is 6.88. The van der Waals surface area contributed by atoms with E-state index in [0.29, 0.717) is 5.02 Å². The van der Waals surface area contributed by atoms with E-state index >= 15 is 0 Å². The molecule has 1 fully saturated rings. The quantitative estimate of drug-likeness (QED) is 0.462. The van der Waals surface area contributed by atoms with Crippen LogP contribution in [-0.4, -0.2) is 41.7 Å². The van der Waals surface area contributed by atoms with E-state index in [4.69, 9.17) is 16.3 Å². The topological polar surface area (TPSA) is 45.6 Å². The molecule has 1 saturated heterocycles. The summed E-state index contributed by atoms with van der Waals surface area (Å²) in [6, 6.07) is 18.1. The lowest BCUT2D eigenvalue weighted by molar-refractivity contribution is -0.0254. The maximum atomic E-state index is 11.2. The van der Waals surface area contributed by atoms with Gasteiger partial charge >= 0.3 is 0 Å². The summed E-state index contributed by atoms with van der Waals surface area (Å²) < 4.78 is 5.53. The summed E-state index contributed by atoms with van der Waals surface area (Å²) in [4.78, 5) is 8.37. The Morgan fingerprint density at radius 3 is 2.68 bits per heavy atom. The van der Waals surface area contributed by atoms with E-state index < -0.39 is 5.60 Å². The second-order valence-corrected chi connectivity index (χ2v) is 10.4. The number of hydrogen-bond donors (Lipinski definition) is 1. The Balaban J connectivity index is 1.31. The van der Waals surface area contributed by atoms with Gasteiger partial charge in [0, 0.05) is 47.1 Å². The summed E-state index contributed by atoms with van der Waals surface area (Å²) in [6.45, 7) is 2.71. The van der Waals surface area contributed by atoms with Gasteiger partial charge in [-0.15, -0.1) is 11.8 Å². The second-order valence-electron chi connectivity index (χ2n) is 8.94. The molecule has 6 heteroatoms. The fraction of sp³-hybridized carbons (Fsp3) is 0.321. The SMILES string of the molecule is COc1ccc2c(c1)/C(=C\CCN1CCC(O)(c3ccc(Cl)cc3)CC1)c1cccnc1CS2. The van der Waals surface area contributed by atoms with Gasteiger partial charge in [0.25, 0.3) is 0 Å². The largest absolute Gasteiger partial charge is 0.497 e. The number of fused-ring (bicyclic) bond motifs is 2.